The quantitative estimate of drug-likeness (QED) is 0.858. The number of carbonyl (C=O) groups excluding carboxylic acids is 1. The Morgan fingerprint density at radius 2 is 1.89 bits per heavy atom. The van der Waals surface area contributed by atoms with Crippen molar-refractivity contribution in [3.05, 3.63) is 35.4 Å². The van der Waals surface area contributed by atoms with Crippen LogP contribution in [0.4, 0.5) is 13.2 Å². The minimum atomic E-state index is -4.52. The molecule has 0 amide bonds. The van der Waals surface area contributed by atoms with Gasteiger partial charge in [0.2, 0.25) is 0 Å². The molecule has 106 valence electrons. The number of hydrogen-bond donors (Lipinski definition) is 1. The Kier molecular flexibility index (Phi) is 4.57. The molecule has 0 saturated carbocycles. The first-order chi connectivity index (χ1) is 8.77. The number of benzene rings is 1. The fraction of sp³-hybridized carbons (Fsp3) is 0.462. The standard InChI is InChI=1S/C13H16F3NO2/c1-9-5-3-4-6-10(9)12(8-17,11(18)19-2)7-13(14,15)16/h3-6H,7-8,17H2,1-2H3. The number of carbonyl (C=O) groups is 1. The zero-order chi connectivity index (χ0) is 14.7. The van der Waals surface area contributed by atoms with Crippen LogP contribution in [0.2, 0.25) is 0 Å². The molecule has 1 rings (SSSR count). The van der Waals surface area contributed by atoms with Gasteiger partial charge in [-0.1, -0.05) is 24.3 Å². The van der Waals surface area contributed by atoms with Gasteiger partial charge in [0.05, 0.1) is 13.5 Å². The lowest BCUT2D eigenvalue weighted by Gasteiger charge is -2.32. The molecule has 2 N–H and O–H groups in total. The lowest BCUT2D eigenvalue weighted by Crippen LogP contribution is -2.47. The summed E-state index contributed by atoms with van der Waals surface area (Å²) in [6, 6.07) is 6.38. The maximum absolute atomic E-state index is 12.8. The van der Waals surface area contributed by atoms with E-state index in [0.29, 0.717) is 5.56 Å². The highest BCUT2D eigenvalue weighted by molar-refractivity contribution is 5.84. The van der Waals surface area contributed by atoms with Gasteiger partial charge in [-0.2, -0.15) is 13.2 Å². The molecule has 1 unspecified atom stereocenters. The van der Waals surface area contributed by atoms with Crippen LogP contribution in [0.1, 0.15) is 17.5 Å². The average molecular weight is 275 g/mol. The van der Waals surface area contributed by atoms with Gasteiger partial charge in [-0.25, -0.2) is 0 Å². The summed E-state index contributed by atoms with van der Waals surface area (Å²) in [7, 11) is 1.06. The number of alkyl halides is 3. The Morgan fingerprint density at radius 3 is 2.32 bits per heavy atom. The predicted molar refractivity (Wildman–Crippen MR) is 64.6 cm³/mol. The molecule has 1 atom stereocenters. The van der Waals surface area contributed by atoms with Crippen molar-refractivity contribution in [3.63, 3.8) is 0 Å². The van der Waals surface area contributed by atoms with E-state index < -0.39 is 30.5 Å². The SMILES string of the molecule is COC(=O)C(CN)(CC(F)(F)F)c1ccccc1C. The van der Waals surface area contributed by atoms with Crippen LogP contribution in [0.25, 0.3) is 0 Å². The zero-order valence-electron chi connectivity index (χ0n) is 10.8. The molecule has 0 aromatic heterocycles. The third-order valence-corrected chi connectivity index (χ3v) is 3.09. The van der Waals surface area contributed by atoms with Crippen molar-refractivity contribution in [3.8, 4) is 0 Å². The smallest absolute Gasteiger partial charge is 0.390 e. The molecule has 0 fully saturated rings. The van der Waals surface area contributed by atoms with Crippen molar-refractivity contribution in [2.24, 2.45) is 5.73 Å². The van der Waals surface area contributed by atoms with Crippen molar-refractivity contribution in [2.75, 3.05) is 13.7 Å². The summed E-state index contributed by atoms with van der Waals surface area (Å²) in [6.07, 6.45) is -5.86. The summed E-state index contributed by atoms with van der Waals surface area (Å²) in [5.41, 5.74) is 4.42. The molecular formula is C13H16F3NO2. The number of ether oxygens (including phenoxy) is 1. The summed E-state index contributed by atoms with van der Waals surface area (Å²) in [5.74, 6) is -0.971. The van der Waals surface area contributed by atoms with E-state index in [4.69, 9.17) is 5.73 Å². The molecule has 3 nitrogen and oxygen atoms in total. The molecule has 6 heteroatoms. The lowest BCUT2D eigenvalue weighted by molar-refractivity contribution is -0.169. The summed E-state index contributed by atoms with van der Waals surface area (Å²) in [4.78, 5) is 11.9. The summed E-state index contributed by atoms with van der Waals surface area (Å²) >= 11 is 0. The minimum absolute atomic E-state index is 0.252. The van der Waals surface area contributed by atoms with Gasteiger partial charge in [0.15, 0.2) is 0 Å². The monoisotopic (exact) mass is 275 g/mol. The molecule has 0 spiro atoms. The van der Waals surface area contributed by atoms with Crippen molar-refractivity contribution in [1.29, 1.82) is 0 Å². The van der Waals surface area contributed by atoms with Crippen molar-refractivity contribution >= 4 is 5.97 Å². The number of methoxy groups -OCH3 is 1. The van der Waals surface area contributed by atoms with Crippen LogP contribution in [0, 0.1) is 6.92 Å². The minimum Gasteiger partial charge on any atom is -0.468 e. The molecule has 0 aliphatic heterocycles. The second-order valence-electron chi connectivity index (χ2n) is 4.38. The Balaban J connectivity index is 3.41. The Hall–Kier alpha value is -1.56. The molecule has 0 radical (unpaired) electrons. The topological polar surface area (TPSA) is 52.3 Å². The van der Waals surface area contributed by atoms with Crippen LogP contribution in [0.3, 0.4) is 0 Å². The fourth-order valence-electron chi connectivity index (χ4n) is 2.19. The number of hydrogen-bond acceptors (Lipinski definition) is 3. The number of rotatable bonds is 4. The van der Waals surface area contributed by atoms with Crippen LogP contribution in [0.5, 0.6) is 0 Å². The van der Waals surface area contributed by atoms with Gasteiger partial charge < -0.3 is 10.5 Å². The van der Waals surface area contributed by atoms with Gasteiger partial charge in [0.1, 0.15) is 5.41 Å². The Labute approximate surface area is 109 Å². The van der Waals surface area contributed by atoms with Gasteiger partial charge >= 0.3 is 12.1 Å². The molecule has 0 saturated heterocycles. The molecule has 0 bridgehead atoms. The predicted octanol–water partition coefficient (Wildman–Crippen LogP) is 2.32. The molecule has 0 aliphatic rings. The van der Waals surface area contributed by atoms with Gasteiger partial charge in [0.25, 0.3) is 0 Å². The fourth-order valence-corrected chi connectivity index (χ4v) is 2.19. The molecule has 0 heterocycles. The van der Waals surface area contributed by atoms with E-state index in [-0.39, 0.29) is 5.56 Å². The second kappa shape index (κ2) is 5.61. The first-order valence-electron chi connectivity index (χ1n) is 5.68. The maximum atomic E-state index is 12.8. The van der Waals surface area contributed by atoms with E-state index in [1.165, 1.54) is 6.07 Å². The first kappa shape index (κ1) is 15.5. The van der Waals surface area contributed by atoms with E-state index in [0.717, 1.165) is 7.11 Å². The van der Waals surface area contributed by atoms with Crippen molar-refractivity contribution in [2.45, 2.75) is 24.9 Å². The van der Waals surface area contributed by atoms with Gasteiger partial charge in [0, 0.05) is 6.54 Å². The highest BCUT2D eigenvalue weighted by Gasteiger charge is 2.49. The average Bonchev–Trinajstić information content (AvgIpc) is 2.34. The highest BCUT2D eigenvalue weighted by Crippen LogP contribution is 2.38. The van der Waals surface area contributed by atoms with E-state index >= 15 is 0 Å². The summed E-state index contributed by atoms with van der Waals surface area (Å²) in [5, 5.41) is 0. The van der Waals surface area contributed by atoms with E-state index in [2.05, 4.69) is 4.74 Å². The van der Waals surface area contributed by atoms with Gasteiger partial charge in [-0.15, -0.1) is 0 Å². The first-order valence-corrected chi connectivity index (χ1v) is 5.68. The zero-order valence-corrected chi connectivity index (χ0v) is 10.8. The lowest BCUT2D eigenvalue weighted by atomic mass is 9.75. The maximum Gasteiger partial charge on any atom is 0.390 e. The van der Waals surface area contributed by atoms with Crippen LogP contribution in [-0.2, 0) is 14.9 Å². The van der Waals surface area contributed by atoms with Crippen LogP contribution in [0.15, 0.2) is 24.3 Å². The molecule has 1 aromatic rings. The Bertz CT molecular complexity index is 459. The van der Waals surface area contributed by atoms with Gasteiger partial charge in [-0.05, 0) is 18.1 Å². The van der Waals surface area contributed by atoms with Crippen molar-refractivity contribution in [1.82, 2.24) is 0 Å². The van der Waals surface area contributed by atoms with E-state index in [1.807, 2.05) is 0 Å². The number of halogens is 3. The van der Waals surface area contributed by atoms with Crippen LogP contribution >= 0.6 is 0 Å². The van der Waals surface area contributed by atoms with Crippen LogP contribution in [-0.4, -0.2) is 25.8 Å². The van der Waals surface area contributed by atoms with E-state index in [9.17, 15) is 18.0 Å². The summed E-state index contributed by atoms with van der Waals surface area (Å²) < 4.78 is 42.9. The molecular weight excluding hydrogens is 259 g/mol. The third kappa shape index (κ3) is 3.26. The number of esters is 1. The van der Waals surface area contributed by atoms with Crippen LogP contribution < -0.4 is 5.73 Å². The van der Waals surface area contributed by atoms with Gasteiger partial charge in [-0.3, -0.25) is 4.79 Å². The Morgan fingerprint density at radius 1 is 1.32 bits per heavy atom. The van der Waals surface area contributed by atoms with Crippen molar-refractivity contribution < 1.29 is 22.7 Å². The largest absolute Gasteiger partial charge is 0.468 e. The van der Waals surface area contributed by atoms with E-state index in [1.54, 1.807) is 25.1 Å². The molecule has 1 aromatic carbocycles. The summed E-state index contributed by atoms with van der Waals surface area (Å²) in [6.45, 7) is 1.17. The number of aryl methyl sites for hydroxylation is 1. The second-order valence-corrected chi connectivity index (χ2v) is 4.38. The third-order valence-electron chi connectivity index (χ3n) is 3.09. The highest BCUT2D eigenvalue weighted by atomic mass is 19.4. The normalized spacial score (nSPS) is 14.8. The molecule has 0 aliphatic carbocycles. The number of nitrogens with two attached hydrogens (primary N) is 1. The molecule has 19 heavy (non-hydrogen) atoms.